The summed E-state index contributed by atoms with van der Waals surface area (Å²) in [5.41, 5.74) is 4.13. The summed E-state index contributed by atoms with van der Waals surface area (Å²) >= 11 is 0. The number of rotatable bonds is 6. The molecule has 116 valence electrons. The summed E-state index contributed by atoms with van der Waals surface area (Å²) in [6.45, 7) is 3.02. The molecular weight excluding hydrogens is 286 g/mol. The Balaban J connectivity index is 2.82. The number of hydrogen-bond donors (Lipinski definition) is 3. The standard InChI is InChI=1S/C11H21N3O5S/c1-11(2,10(12)17)7-13-20(18,19)14-6-4-3-5-8(14)9(15)16/h8,13H,3-7H2,1-2H3,(H2,12,17)(H,15,16). The van der Waals surface area contributed by atoms with E-state index in [4.69, 9.17) is 10.8 Å². The maximum atomic E-state index is 12.2. The Bertz CT molecular complexity index is 488. The van der Waals surface area contributed by atoms with E-state index >= 15 is 0 Å². The van der Waals surface area contributed by atoms with Crippen molar-refractivity contribution in [1.29, 1.82) is 0 Å². The summed E-state index contributed by atoms with van der Waals surface area (Å²) < 4.78 is 27.5. The Morgan fingerprint density at radius 1 is 1.40 bits per heavy atom. The molecule has 0 aromatic rings. The third-order valence-electron chi connectivity index (χ3n) is 3.41. The van der Waals surface area contributed by atoms with Crippen LogP contribution in [0.5, 0.6) is 0 Å². The van der Waals surface area contributed by atoms with E-state index in [2.05, 4.69) is 4.72 Å². The fourth-order valence-electron chi connectivity index (χ4n) is 1.88. The number of primary amides is 1. The van der Waals surface area contributed by atoms with E-state index in [9.17, 15) is 18.0 Å². The molecule has 1 fully saturated rings. The van der Waals surface area contributed by atoms with Crippen LogP contribution in [-0.2, 0) is 19.8 Å². The molecule has 1 amide bonds. The molecule has 1 saturated heterocycles. The van der Waals surface area contributed by atoms with Crippen LogP contribution in [0, 0.1) is 5.41 Å². The molecule has 4 N–H and O–H groups in total. The normalized spacial score (nSPS) is 21.6. The largest absolute Gasteiger partial charge is 0.480 e. The van der Waals surface area contributed by atoms with Gasteiger partial charge >= 0.3 is 5.97 Å². The van der Waals surface area contributed by atoms with Gasteiger partial charge in [-0.1, -0.05) is 0 Å². The fraction of sp³-hybridized carbons (Fsp3) is 0.818. The van der Waals surface area contributed by atoms with Crippen LogP contribution in [-0.4, -0.2) is 48.8 Å². The van der Waals surface area contributed by atoms with Crippen LogP contribution in [0.1, 0.15) is 33.1 Å². The van der Waals surface area contributed by atoms with Crippen LogP contribution >= 0.6 is 0 Å². The van der Waals surface area contributed by atoms with Gasteiger partial charge in [0.05, 0.1) is 5.41 Å². The number of carbonyl (C=O) groups excluding carboxylic acids is 1. The molecule has 0 saturated carbocycles. The quantitative estimate of drug-likeness (QED) is 0.595. The average Bonchev–Trinajstić information content (AvgIpc) is 2.36. The highest BCUT2D eigenvalue weighted by Gasteiger charge is 2.38. The monoisotopic (exact) mass is 307 g/mol. The Labute approximate surface area is 118 Å². The predicted octanol–water partition coefficient (Wildman–Crippen LogP) is -0.729. The van der Waals surface area contributed by atoms with Crippen LogP contribution < -0.4 is 10.5 Å². The Hall–Kier alpha value is -1.19. The van der Waals surface area contributed by atoms with Crippen LogP contribution in [0.25, 0.3) is 0 Å². The number of piperidine rings is 1. The first kappa shape index (κ1) is 16.9. The second-order valence-corrected chi connectivity index (χ2v) is 7.24. The van der Waals surface area contributed by atoms with E-state index in [-0.39, 0.29) is 19.5 Å². The minimum absolute atomic E-state index is 0.156. The lowest BCUT2D eigenvalue weighted by Gasteiger charge is -2.32. The van der Waals surface area contributed by atoms with E-state index in [1.165, 1.54) is 13.8 Å². The lowest BCUT2D eigenvalue weighted by atomic mass is 9.93. The van der Waals surface area contributed by atoms with Crippen molar-refractivity contribution in [3.05, 3.63) is 0 Å². The molecule has 0 radical (unpaired) electrons. The molecule has 1 aliphatic rings. The first-order valence-electron chi connectivity index (χ1n) is 6.37. The van der Waals surface area contributed by atoms with Crippen LogP contribution in [0.4, 0.5) is 0 Å². The maximum Gasteiger partial charge on any atom is 0.322 e. The first-order chi connectivity index (χ1) is 9.08. The fourth-order valence-corrected chi connectivity index (χ4v) is 3.49. The highest BCUT2D eigenvalue weighted by molar-refractivity contribution is 7.87. The molecule has 9 heteroatoms. The van der Waals surface area contributed by atoms with Gasteiger partial charge in [-0.15, -0.1) is 0 Å². The van der Waals surface area contributed by atoms with Crippen molar-refractivity contribution in [3.63, 3.8) is 0 Å². The predicted molar refractivity (Wildman–Crippen MR) is 71.9 cm³/mol. The SMILES string of the molecule is CC(C)(CNS(=O)(=O)N1CCCCC1C(=O)O)C(N)=O. The number of carbonyl (C=O) groups is 2. The molecule has 1 heterocycles. The molecule has 1 rings (SSSR count). The highest BCUT2D eigenvalue weighted by Crippen LogP contribution is 2.21. The summed E-state index contributed by atoms with van der Waals surface area (Å²) in [5.74, 6) is -1.79. The van der Waals surface area contributed by atoms with Gasteiger partial charge in [0.2, 0.25) is 5.91 Å². The van der Waals surface area contributed by atoms with Gasteiger partial charge in [0.15, 0.2) is 0 Å². The summed E-state index contributed by atoms with van der Waals surface area (Å²) in [6, 6.07) is -1.06. The van der Waals surface area contributed by atoms with E-state index in [0.29, 0.717) is 12.8 Å². The lowest BCUT2D eigenvalue weighted by Crippen LogP contribution is -2.54. The third kappa shape index (κ3) is 3.90. The number of nitrogens with one attached hydrogen (secondary N) is 1. The van der Waals surface area contributed by atoms with E-state index < -0.39 is 33.5 Å². The van der Waals surface area contributed by atoms with Crippen molar-refractivity contribution in [2.45, 2.75) is 39.2 Å². The minimum Gasteiger partial charge on any atom is -0.480 e. The summed E-state index contributed by atoms with van der Waals surface area (Å²) in [5, 5.41) is 9.08. The molecule has 0 spiro atoms. The van der Waals surface area contributed by atoms with Gasteiger partial charge in [-0.2, -0.15) is 12.7 Å². The Kier molecular flexibility index (Phi) is 5.11. The van der Waals surface area contributed by atoms with Crippen LogP contribution in [0.3, 0.4) is 0 Å². The molecule has 1 aliphatic heterocycles. The van der Waals surface area contributed by atoms with Crippen molar-refractivity contribution in [2.75, 3.05) is 13.1 Å². The van der Waals surface area contributed by atoms with Gasteiger partial charge in [0.1, 0.15) is 6.04 Å². The number of nitrogens with two attached hydrogens (primary N) is 1. The number of carboxylic acids is 1. The van der Waals surface area contributed by atoms with Gasteiger partial charge in [0.25, 0.3) is 10.2 Å². The topological polar surface area (TPSA) is 130 Å². The molecule has 0 aliphatic carbocycles. The highest BCUT2D eigenvalue weighted by atomic mass is 32.2. The molecule has 0 aromatic heterocycles. The third-order valence-corrected chi connectivity index (χ3v) is 4.97. The molecular formula is C11H21N3O5S. The van der Waals surface area contributed by atoms with Crippen LogP contribution in [0.15, 0.2) is 0 Å². The Morgan fingerprint density at radius 2 is 2.00 bits per heavy atom. The van der Waals surface area contributed by atoms with Gasteiger partial charge in [0, 0.05) is 13.1 Å². The van der Waals surface area contributed by atoms with Gasteiger partial charge in [-0.05, 0) is 33.1 Å². The number of amides is 1. The zero-order chi connectivity index (χ0) is 15.6. The summed E-state index contributed by atoms with van der Waals surface area (Å²) in [6.07, 6.45) is 1.58. The zero-order valence-corrected chi connectivity index (χ0v) is 12.4. The molecule has 20 heavy (non-hydrogen) atoms. The number of aliphatic carboxylic acids is 1. The second kappa shape index (κ2) is 6.06. The van der Waals surface area contributed by atoms with Crippen molar-refractivity contribution < 1.29 is 23.1 Å². The van der Waals surface area contributed by atoms with Gasteiger partial charge in [-0.25, -0.2) is 4.72 Å². The molecule has 1 atom stereocenters. The maximum absolute atomic E-state index is 12.2. The van der Waals surface area contributed by atoms with Crippen LogP contribution in [0.2, 0.25) is 0 Å². The summed E-state index contributed by atoms with van der Waals surface area (Å²) in [7, 11) is -3.95. The van der Waals surface area contributed by atoms with Crippen molar-refractivity contribution in [2.24, 2.45) is 11.1 Å². The van der Waals surface area contributed by atoms with E-state index in [1.54, 1.807) is 0 Å². The number of hydrogen-bond acceptors (Lipinski definition) is 4. The molecule has 0 bridgehead atoms. The molecule has 0 aromatic carbocycles. The van der Waals surface area contributed by atoms with Gasteiger partial charge in [-0.3, -0.25) is 9.59 Å². The molecule has 1 unspecified atom stereocenters. The number of carboxylic acid groups (broad SMARTS) is 1. The first-order valence-corrected chi connectivity index (χ1v) is 7.81. The lowest BCUT2D eigenvalue weighted by molar-refractivity contribution is -0.142. The van der Waals surface area contributed by atoms with Crippen molar-refractivity contribution in [1.82, 2.24) is 9.03 Å². The summed E-state index contributed by atoms with van der Waals surface area (Å²) in [4.78, 5) is 22.3. The van der Waals surface area contributed by atoms with E-state index in [1.807, 2.05) is 0 Å². The molecule has 8 nitrogen and oxygen atoms in total. The smallest absolute Gasteiger partial charge is 0.322 e. The Morgan fingerprint density at radius 3 is 2.50 bits per heavy atom. The van der Waals surface area contributed by atoms with Crippen molar-refractivity contribution in [3.8, 4) is 0 Å². The van der Waals surface area contributed by atoms with Crippen molar-refractivity contribution >= 4 is 22.1 Å². The number of nitrogens with zero attached hydrogens (tertiary/aromatic N) is 1. The van der Waals surface area contributed by atoms with Gasteiger partial charge < -0.3 is 10.8 Å². The second-order valence-electron chi connectivity index (χ2n) is 5.53. The zero-order valence-electron chi connectivity index (χ0n) is 11.6. The average molecular weight is 307 g/mol. The van der Waals surface area contributed by atoms with E-state index in [0.717, 1.165) is 4.31 Å². The minimum atomic E-state index is -3.95.